The Labute approximate surface area is 294 Å². The van der Waals surface area contributed by atoms with Crippen LogP contribution in [0.3, 0.4) is 0 Å². The highest BCUT2D eigenvalue weighted by Crippen LogP contribution is 2.29. The van der Waals surface area contributed by atoms with E-state index in [1.807, 2.05) is 25.2 Å². The molecule has 4 aromatic rings. The van der Waals surface area contributed by atoms with Crippen LogP contribution in [0.2, 0.25) is 0 Å². The molecule has 0 radical (unpaired) electrons. The van der Waals surface area contributed by atoms with Gasteiger partial charge in [-0.15, -0.1) is 0 Å². The van der Waals surface area contributed by atoms with E-state index >= 15 is 0 Å². The fraction of sp³-hybridized carbons (Fsp3) is 0.200. The van der Waals surface area contributed by atoms with E-state index in [-0.39, 0.29) is 5.69 Å². The molecule has 4 N–H and O–H groups in total. The molecule has 0 atom stereocenters. The molecule has 0 amide bonds. The van der Waals surface area contributed by atoms with Crippen molar-refractivity contribution in [2.45, 2.75) is 12.8 Å². The SMILES string of the molecule is CN1CCCc2ccc(Br)cc21.CNc1cc(Br)ccc1N.CNc1cc(Br)ccc1[N+](=O)[O-].O=[N+]([O-])c1ccc(Br)cc1F. The number of nitrogens with zero attached hydrogens (tertiary/aromatic N) is 3. The minimum Gasteiger partial charge on any atom is -0.397 e. The summed E-state index contributed by atoms with van der Waals surface area (Å²) < 4.78 is 16.1. The Morgan fingerprint density at radius 1 is 0.756 bits per heavy atom. The van der Waals surface area contributed by atoms with Crippen molar-refractivity contribution in [3.05, 3.63) is 122 Å². The molecule has 240 valence electrons. The van der Waals surface area contributed by atoms with Gasteiger partial charge in [-0.2, -0.15) is 4.39 Å². The van der Waals surface area contributed by atoms with E-state index in [0.29, 0.717) is 10.2 Å². The summed E-state index contributed by atoms with van der Waals surface area (Å²) in [5.41, 5.74) is 10.3. The Bertz CT molecular complexity index is 1630. The van der Waals surface area contributed by atoms with Gasteiger partial charge in [0, 0.05) is 63.4 Å². The van der Waals surface area contributed by atoms with E-state index in [0.717, 1.165) is 32.5 Å². The second-order valence-electron chi connectivity index (χ2n) is 9.30. The number of nitrogens with one attached hydrogen (secondary N) is 2. The number of nitrogen functional groups attached to an aromatic ring is 1. The highest BCUT2D eigenvalue weighted by Gasteiger charge is 2.14. The average Bonchev–Trinajstić information content (AvgIpc) is 2.99. The summed E-state index contributed by atoms with van der Waals surface area (Å²) in [6.07, 6.45) is 2.51. The summed E-state index contributed by atoms with van der Waals surface area (Å²) in [6.45, 7) is 1.18. The lowest BCUT2D eigenvalue weighted by atomic mass is 10.0. The van der Waals surface area contributed by atoms with Crippen molar-refractivity contribution in [2.24, 2.45) is 0 Å². The van der Waals surface area contributed by atoms with Crippen molar-refractivity contribution in [3.8, 4) is 0 Å². The van der Waals surface area contributed by atoms with E-state index in [2.05, 4.69) is 105 Å². The smallest absolute Gasteiger partial charge is 0.304 e. The Kier molecular flexibility index (Phi) is 15.7. The molecule has 0 saturated heterocycles. The summed E-state index contributed by atoms with van der Waals surface area (Å²) >= 11 is 13.0. The Hall–Kier alpha value is -3.27. The highest BCUT2D eigenvalue weighted by molar-refractivity contribution is 9.11. The molecular weight excluding hydrogens is 847 g/mol. The molecule has 0 saturated carbocycles. The van der Waals surface area contributed by atoms with Crippen LogP contribution in [0.5, 0.6) is 0 Å². The van der Waals surface area contributed by atoms with Gasteiger partial charge in [0.2, 0.25) is 5.82 Å². The van der Waals surface area contributed by atoms with Gasteiger partial charge in [0.25, 0.3) is 5.69 Å². The fourth-order valence-corrected chi connectivity index (χ4v) is 5.38. The maximum absolute atomic E-state index is 12.6. The van der Waals surface area contributed by atoms with E-state index in [9.17, 15) is 24.6 Å². The van der Waals surface area contributed by atoms with Gasteiger partial charge >= 0.3 is 5.69 Å². The van der Waals surface area contributed by atoms with Gasteiger partial charge in [0.15, 0.2) is 0 Å². The number of nitro groups is 2. The largest absolute Gasteiger partial charge is 0.397 e. The molecule has 5 rings (SSSR count). The van der Waals surface area contributed by atoms with Crippen LogP contribution in [0, 0.1) is 26.0 Å². The number of aryl methyl sites for hydroxylation is 1. The number of anilines is 4. The van der Waals surface area contributed by atoms with Crippen molar-refractivity contribution in [1.82, 2.24) is 0 Å². The summed E-state index contributed by atoms with van der Waals surface area (Å²) in [5, 5.41) is 26.3. The molecular formula is C30H31Br4FN6O4. The number of halogens is 5. The molecule has 0 fully saturated rings. The predicted molar refractivity (Wildman–Crippen MR) is 195 cm³/mol. The van der Waals surface area contributed by atoms with Crippen molar-refractivity contribution in [1.29, 1.82) is 0 Å². The van der Waals surface area contributed by atoms with Gasteiger partial charge in [0.1, 0.15) is 5.69 Å². The fourth-order valence-electron chi connectivity index (χ4n) is 3.97. The Morgan fingerprint density at radius 2 is 1.24 bits per heavy atom. The monoisotopic (exact) mass is 874 g/mol. The molecule has 0 aromatic heterocycles. The number of nitro benzene ring substituents is 2. The Balaban J connectivity index is 0.000000210. The van der Waals surface area contributed by atoms with Crippen LogP contribution >= 0.6 is 63.7 Å². The van der Waals surface area contributed by atoms with Crippen LogP contribution in [0.25, 0.3) is 0 Å². The molecule has 0 spiro atoms. The van der Waals surface area contributed by atoms with Crippen LogP contribution in [0.4, 0.5) is 38.5 Å². The van der Waals surface area contributed by atoms with Gasteiger partial charge < -0.3 is 21.3 Å². The summed E-state index contributed by atoms with van der Waals surface area (Å²) in [7, 11) is 5.65. The first-order valence-corrected chi connectivity index (χ1v) is 16.4. The quantitative estimate of drug-likeness (QED) is 0.105. The first-order chi connectivity index (χ1) is 21.3. The lowest BCUT2D eigenvalue weighted by molar-refractivity contribution is -0.387. The number of hydrogen-bond acceptors (Lipinski definition) is 8. The zero-order valence-corrected chi connectivity index (χ0v) is 30.8. The highest BCUT2D eigenvalue weighted by atomic mass is 79.9. The number of hydrogen-bond donors (Lipinski definition) is 3. The maximum Gasteiger partial charge on any atom is 0.304 e. The topological polar surface area (TPSA) is 140 Å². The van der Waals surface area contributed by atoms with Crippen LogP contribution < -0.4 is 21.3 Å². The molecule has 0 bridgehead atoms. The zero-order chi connectivity index (χ0) is 33.7. The molecule has 1 aliphatic rings. The van der Waals surface area contributed by atoms with E-state index in [1.165, 1.54) is 47.2 Å². The van der Waals surface area contributed by atoms with E-state index in [4.69, 9.17) is 5.73 Å². The second kappa shape index (κ2) is 18.6. The molecule has 45 heavy (non-hydrogen) atoms. The van der Waals surface area contributed by atoms with Crippen LogP contribution in [-0.2, 0) is 6.42 Å². The molecule has 0 unspecified atom stereocenters. The second-order valence-corrected chi connectivity index (χ2v) is 13.0. The first kappa shape index (κ1) is 37.9. The van der Waals surface area contributed by atoms with Crippen LogP contribution in [0.1, 0.15) is 12.0 Å². The van der Waals surface area contributed by atoms with Gasteiger partial charge in [-0.05, 0) is 73.0 Å². The molecule has 0 aliphatic carbocycles. The lowest BCUT2D eigenvalue weighted by Gasteiger charge is -2.27. The van der Waals surface area contributed by atoms with Crippen molar-refractivity contribution in [3.63, 3.8) is 0 Å². The first-order valence-electron chi connectivity index (χ1n) is 13.2. The van der Waals surface area contributed by atoms with Gasteiger partial charge in [-0.1, -0.05) is 69.8 Å². The van der Waals surface area contributed by atoms with Gasteiger partial charge in [0.05, 0.1) is 21.2 Å². The van der Waals surface area contributed by atoms with E-state index < -0.39 is 21.4 Å². The lowest BCUT2D eigenvalue weighted by Crippen LogP contribution is -2.24. The molecule has 4 aromatic carbocycles. The standard InChI is InChI=1S/C10H12BrN.C7H7BrN2O2.C7H9BrN2.C6H3BrFNO2/c1-12-6-2-3-8-4-5-9(11)7-10(8)12;1-9-6-4-5(8)2-3-7(6)10(11)12;1-10-7-4-5(8)2-3-6(7)9;7-4-1-2-6(9(10)11)5(8)3-4/h4-5,7H,2-3,6H2,1H3;2-4,9H,1H3;2-4,10H,9H2,1H3;1-3H. The molecule has 15 heteroatoms. The third kappa shape index (κ3) is 12.2. The van der Waals surface area contributed by atoms with Crippen molar-refractivity contribution < 1.29 is 14.2 Å². The predicted octanol–water partition coefficient (Wildman–Crippen LogP) is 9.80. The third-order valence-electron chi connectivity index (χ3n) is 6.21. The Morgan fingerprint density at radius 3 is 1.78 bits per heavy atom. The van der Waals surface area contributed by atoms with E-state index in [1.54, 1.807) is 19.2 Å². The molecule has 1 heterocycles. The summed E-state index contributed by atoms with van der Waals surface area (Å²) in [6, 6.07) is 20.6. The number of fused-ring (bicyclic) bond motifs is 1. The molecule has 10 nitrogen and oxygen atoms in total. The zero-order valence-electron chi connectivity index (χ0n) is 24.5. The van der Waals surface area contributed by atoms with Gasteiger partial charge in [-0.3, -0.25) is 20.2 Å². The minimum absolute atomic E-state index is 0.0840. The molecule has 1 aliphatic heterocycles. The average molecular weight is 878 g/mol. The number of nitrogens with two attached hydrogens (primary N) is 1. The number of rotatable bonds is 4. The minimum atomic E-state index is -0.829. The summed E-state index contributed by atoms with van der Waals surface area (Å²) in [4.78, 5) is 21.7. The van der Waals surface area contributed by atoms with Crippen LogP contribution in [-0.4, -0.2) is 37.5 Å². The maximum atomic E-state index is 12.6. The van der Waals surface area contributed by atoms with Crippen LogP contribution in [0.15, 0.2) is 90.7 Å². The normalized spacial score (nSPS) is 11.2. The van der Waals surface area contributed by atoms with Gasteiger partial charge in [-0.25, -0.2) is 0 Å². The van der Waals surface area contributed by atoms with Crippen molar-refractivity contribution in [2.75, 3.05) is 49.0 Å². The summed E-state index contributed by atoms with van der Waals surface area (Å²) in [5.74, 6) is -0.829. The third-order valence-corrected chi connectivity index (χ3v) is 8.19. The van der Waals surface area contributed by atoms with Crippen molar-refractivity contribution >= 4 is 97.8 Å². The number of benzene rings is 4.